The predicted octanol–water partition coefficient (Wildman–Crippen LogP) is 12.4. The molecule has 2 aromatic rings. The number of hydrogen-bond acceptors (Lipinski definition) is 4. The molecule has 0 fully saturated rings. The smallest absolute Gasteiger partial charge is 0.225 e. The topological polar surface area (TPSA) is 64.7 Å². The maximum atomic E-state index is 12.9. The molecule has 0 atom stereocenters. The van der Waals surface area contributed by atoms with E-state index in [-0.39, 0.29) is 11.8 Å². The highest BCUT2D eigenvalue weighted by Gasteiger charge is 2.11. The van der Waals surface area contributed by atoms with Gasteiger partial charge in [-0.1, -0.05) is 155 Å². The molecule has 6 heteroatoms. The fraction of sp³-hybridized carbons (Fsp3) is 0.702. The van der Waals surface area contributed by atoms with Crippen LogP contribution in [0, 0.1) is 0 Å². The molecule has 2 N–H and O–H groups in total. The number of benzene rings is 2. The van der Waals surface area contributed by atoms with Gasteiger partial charge in [0.2, 0.25) is 11.8 Å². The highest BCUT2D eigenvalue weighted by Crippen LogP contribution is 2.17. The van der Waals surface area contributed by atoms with Gasteiger partial charge >= 0.3 is 0 Å². The van der Waals surface area contributed by atoms with Crippen LogP contribution in [0.5, 0.6) is 0 Å². The Morgan fingerprint density at radius 3 is 1.00 bits per heavy atom. The molecule has 0 unspecified atom stereocenters. The maximum Gasteiger partial charge on any atom is 0.225 e. The van der Waals surface area contributed by atoms with E-state index in [0.717, 1.165) is 57.1 Å². The molecule has 0 heterocycles. The summed E-state index contributed by atoms with van der Waals surface area (Å²) in [6.07, 6.45) is 27.6. The van der Waals surface area contributed by atoms with E-state index in [4.69, 9.17) is 0 Å². The van der Waals surface area contributed by atoms with Crippen LogP contribution in [-0.4, -0.2) is 60.9 Å². The summed E-state index contributed by atoms with van der Waals surface area (Å²) in [4.78, 5) is 30.8. The van der Waals surface area contributed by atoms with Crippen molar-refractivity contribution < 1.29 is 9.59 Å². The summed E-state index contributed by atoms with van der Waals surface area (Å²) in [6.45, 7) is 15.1. The third-order valence-electron chi connectivity index (χ3n) is 10.5. The zero-order valence-corrected chi connectivity index (χ0v) is 34.8. The molecule has 0 spiro atoms. The number of carbonyl (C=O) groups excluding carboxylic acids is 2. The van der Waals surface area contributed by atoms with Crippen molar-refractivity contribution in [2.75, 3.05) is 49.9 Å². The summed E-state index contributed by atoms with van der Waals surface area (Å²) in [5.74, 6) is 0.184. The van der Waals surface area contributed by atoms with Crippen molar-refractivity contribution in [3.05, 3.63) is 59.7 Å². The van der Waals surface area contributed by atoms with Gasteiger partial charge in [0, 0.05) is 37.3 Å². The van der Waals surface area contributed by atoms with E-state index < -0.39 is 0 Å². The molecular weight excluding hydrogens is 653 g/mol. The minimum absolute atomic E-state index is 0.0920. The Morgan fingerprint density at radius 2 is 0.679 bits per heavy atom. The van der Waals surface area contributed by atoms with Crippen LogP contribution in [-0.2, 0) is 16.0 Å². The van der Waals surface area contributed by atoms with Gasteiger partial charge in [0.15, 0.2) is 0 Å². The normalized spacial score (nSPS) is 11.4. The Morgan fingerprint density at radius 1 is 0.396 bits per heavy atom. The Labute approximate surface area is 326 Å². The standard InChI is InChI=1S/C47H80N4O2/c1-5-9-13-17-19-23-37-50(35-21-15-11-7-3)39-33-46(52)48-44-29-25-42(26-30-44)41-43-27-31-45(32-28-43)49-47(53)34-40-51(36-22-16-12-8-4)38-24-20-18-14-10-6-2/h25-32H,5-24,33-41H2,1-4H3,(H,48,52)(H,49,53). The molecule has 0 aliphatic heterocycles. The zero-order chi connectivity index (χ0) is 38.2. The first-order chi connectivity index (χ1) is 26.0. The van der Waals surface area contributed by atoms with Gasteiger partial charge in [0.1, 0.15) is 0 Å². The molecule has 300 valence electrons. The number of nitrogens with zero attached hydrogens (tertiary/aromatic N) is 2. The van der Waals surface area contributed by atoms with Crippen LogP contribution in [0.3, 0.4) is 0 Å². The molecule has 0 aromatic heterocycles. The van der Waals surface area contributed by atoms with E-state index in [1.54, 1.807) is 0 Å². The second-order valence-electron chi connectivity index (χ2n) is 15.5. The van der Waals surface area contributed by atoms with Crippen molar-refractivity contribution in [1.82, 2.24) is 9.80 Å². The Kier molecular flexibility index (Phi) is 27.7. The summed E-state index contributed by atoms with van der Waals surface area (Å²) in [7, 11) is 0. The summed E-state index contributed by atoms with van der Waals surface area (Å²) >= 11 is 0. The Balaban J connectivity index is 1.76. The van der Waals surface area contributed by atoms with E-state index in [9.17, 15) is 9.59 Å². The van der Waals surface area contributed by atoms with Gasteiger partial charge < -0.3 is 20.4 Å². The van der Waals surface area contributed by atoms with Gasteiger partial charge in [-0.15, -0.1) is 0 Å². The second kappa shape index (κ2) is 31.6. The Hall–Kier alpha value is -2.70. The van der Waals surface area contributed by atoms with Crippen molar-refractivity contribution in [3.8, 4) is 0 Å². The molecule has 6 nitrogen and oxygen atoms in total. The Bertz CT molecular complexity index is 1070. The van der Waals surface area contributed by atoms with Crippen molar-refractivity contribution in [2.24, 2.45) is 0 Å². The van der Waals surface area contributed by atoms with E-state index in [1.807, 2.05) is 24.3 Å². The monoisotopic (exact) mass is 733 g/mol. The van der Waals surface area contributed by atoms with Gasteiger partial charge in [-0.05, 0) is 93.7 Å². The van der Waals surface area contributed by atoms with Crippen LogP contribution >= 0.6 is 0 Å². The average Bonchev–Trinajstić information content (AvgIpc) is 3.16. The molecule has 0 radical (unpaired) electrons. The quantitative estimate of drug-likeness (QED) is 0.0703. The number of nitrogens with one attached hydrogen (secondary N) is 2. The first-order valence-corrected chi connectivity index (χ1v) is 22.2. The van der Waals surface area contributed by atoms with Crippen molar-refractivity contribution in [1.29, 1.82) is 0 Å². The number of anilines is 2. The fourth-order valence-electron chi connectivity index (χ4n) is 7.04. The zero-order valence-electron chi connectivity index (χ0n) is 34.8. The molecule has 2 rings (SSSR count). The third-order valence-corrected chi connectivity index (χ3v) is 10.5. The molecule has 0 aliphatic carbocycles. The lowest BCUT2D eigenvalue weighted by Crippen LogP contribution is -2.30. The number of hydrogen-bond donors (Lipinski definition) is 2. The SMILES string of the molecule is CCCCCCCCN(CCCCCC)CCC(=O)Nc1ccc(Cc2ccc(NC(=O)CCN(CCCCCC)CCCCCCCC)cc2)cc1. The molecule has 0 bridgehead atoms. The molecule has 53 heavy (non-hydrogen) atoms. The summed E-state index contributed by atoms with van der Waals surface area (Å²) in [5.41, 5.74) is 4.10. The lowest BCUT2D eigenvalue weighted by Gasteiger charge is -2.22. The molecule has 0 aliphatic rings. The van der Waals surface area contributed by atoms with E-state index in [2.05, 4.69) is 72.4 Å². The van der Waals surface area contributed by atoms with Gasteiger partial charge in [0.05, 0.1) is 0 Å². The maximum absolute atomic E-state index is 12.9. The second-order valence-corrected chi connectivity index (χ2v) is 15.5. The third kappa shape index (κ3) is 24.4. The fourth-order valence-corrected chi connectivity index (χ4v) is 7.04. The minimum atomic E-state index is 0.0920. The van der Waals surface area contributed by atoms with Crippen molar-refractivity contribution in [2.45, 2.75) is 175 Å². The molecule has 0 saturated heterocycles. The number of unbranched alkanes of at least 4 members (excludes halogenated alkanes) is 16. The van der Waals surface area contributed by atoms with E-state index in [0.29, 0.717) is 12.8 Å². The van der Waals surface area contributed by atoms with Crippen LogP contribution < -0.4 is 10.6 Å². The molecule has 0 saturated carbocycles. The number of carbonyl (C=O) groups is 2. The highest BCUT2D eigenvalue weighted by atomic mass is 16.2. The minimum Gasteiger partial charge on any atom is -0.326 e. The number of rotatable bonds is 34. The molecule has 2 amide bonds. The average molecular weight is 733 g/mol. The van der Waals surface area contributed by atoms with Gasteiger partial charge in [-0.25, -0.2) is 0 Å². The van der Waals surface area contributed by atoms with Crippen LogP contribution in [0.1, 0.15) is 180 Å². The van der Waals surface area contributed by atoms with Crippen LogP contribution in [0.15, 0.2) is 48.5 Å². The van der Waals surface area contributed by atoms with Gasteiger partial charge in [-0.3, -0.25) is 9.59 Å². The highest BCUT2D eigenvalue weighted by molar-refractivity contribution is 5.91. The van der Waals surface area contributed by atoms with Crippen molar-refractivity contribution in [3.63, 3.8) is 0 Å². The van der Waals surface area contributed by atoms with Crippen LogP contribution in [0.4, 0.5) is 11.4 Å². The van der Waals surface area contributed by atoms with E-state index in [1.165, 1.54) is 140 Å². The molecule has 2 aromatic carbocycles. The van der Waals surface area contributed by atoms with Gasteiger partial charge in [0.25, 0.3) is 0 Å². The predicted molar refractivity (Wildman–Crippen MR) is 230 cm³/mol. The summed E-state index contributed by atoms with van der Waals surface area (Å²) < 4.78 is 0. The van der Waals surface area contributed by atoms with Crippen LogP contribution in [0.25, 0.3) is 0 Å². The first kappa shape index (κ1) is 46.5. The lowest BCUT2D eigenvalue weighted by atomic mass is 10.0. The van der Waals surface area contributed by atoms with Crippen LogP contribution in [0.2, 0.25) is 0 Å². The van der Waals surface area contributed by atoms with E-state index >= 15 is 0 Å². The summed E-state index contributed by atoms with van der Waals surface area (Å²) in [6, 6.07) is 16.5. The summed E-state index contributed by atoms with van der Waals surface area (Å²) in [5, 5.41) is 6.25. The largest absolute Gasteiger partial charge is 0.326 e. The van der Waals surface area contributed by atoms with Crippen molar-refractivity contribution >= 4 is 23.2 Å². The first-order valence-electron chi connectivity index (χ1n) is 22.2. The van der Waals surface area contributed by atoms with Gasteiger partial charge in [-0.2, -0.15) is 0 Å². The number of amides is 2. The molecular formula is C47H80N4O2. The lowest BCUT2D eigenvalue weighted by molar-refractivity contribution is -0.117.